The van der Waals surface area contributed by atoms with Gasteiger partial charge in [-0.25, -0.2) is 13.8 Å². The summed E-state index contributed by atoms with van der Waals surface area (Å²) < 4.78 is 27.0. The maximum atomic E-state index is 13.5. The highest BCUT2D eigenvalue weighted by molar-refractivity contribution is 5.82. The van der Waals surface area contributed by atoms with Crippen molar-refractivity contribution in [1.29, 1.82) is 0 Å². The van der Waals surface area contributed by atoms with E-state index in [1.807, 2.05) is 13.8 Å². The van der Waals surface area contributed by atoms with E-state index in [0.717, 1.165) is 13.1 Å². The highest BCUT2D eigenvalue weighted by Gasteiger charge is 2.44. The van der Waals surface area contributed by atoms with E-state index >= 15 is 0 Å². The number of halogens is 2. The first-order valence-electron chi connectivity index (χ1n) is 10.7. The van der Waals surface area contributed by atoms with Crippen molar-refractivity contribution in [3.05, 3.63) is 11.6 Å². The Bertz CT molecular complexity index is 775. The van der Waals surface area contributed by atoms with E-state index in [1.165, 1.54) is 4.90 Å². The van der Waals surface area contributed by atoms with Crippen molar-refractivity contribution >= 4 is 11.9 Å². The summed E-state index contributed by atoms with van der Waals surface area (Å²) in [7, 11) is 0. The number of hydrogen-bond donors (Lipinski definition) is 1. The number of hydrogen-bond acceptors (Lipinski definition) is 7. The van der Waals surface area contributed by atoms with Gasteiger partial charge in [0.05, 0.1) is 12.6 Å². The van der Waals surface area contributed by atoms with Gasteiger partial charge in [0, 0.05) is 50.7 Å². The Labute approximate surface area is 176 Å². The summed E-state index contributed by atoms with van der Waals surface area (Å²) in [5, 5.41) is 3.27. The van der Waals surface area contributed by atoms with E-state index in [9.17, 15) is 13.6 Å². The quantitative estimate of drug-likeness (QED) is 0.777. The van der Waals surface area contributed by atoms with Crippen LogP contribution < -0.4 is 10.2 Å². The predicted molar refractivity (Wildman–Crippen MR) is 109 cm³/mol. The molecule has 1 N–H and O–H groups in total. The fraction of sp³-hybridized carbons (Fsp3) is 0.800. The number of carbonyl (C=O) groups excluding carboxylic acids is 1. The minimum Gasteiger partial charge on any atom is -0.335 e. The van der Waals surface area contributed by atoms with E-state index in [2.05, 4.69) is 43.9 Å². The molecule has 10 heteroatoms. The van der Waals surface area contributed by atoms with Gasteiger partial charge in [-0.05, 0) is 34.1 Å². The average Bonchev–Trinajstić information content (AvgIpc) is 3.26. The number of amides is 1. The Morgan fingerprint density at radius 2 is 1.73 bits per heavy atom. The third kappa shape index (κ3) is 4.25. The molecule has 8 nitrogen and oxygen atoms in total. The second kappa shape index (κ2) is 7.96. The Morgan fingerprint density at radius 1 is 1.10 bits per heavy atom. The molecule has 0 unspecified atom stereocenters. The lowest BCUT2D eigenvalue weighted by Crippen LogP contribution is -2.60. The van der Waals surface area contributed by atoms with E-state index in [-0.39, 0.29) is 43.0 Å². The van der Waals surface area contributed by atoms with Crippen LogP contribution in [0.1, 0.15) is 38.3 Å². The SMILES string of the molecule is Cc1nc(C)nc(N2[C@H](C)CN([C@@H]3CN[C@H](C(=O)N4CCC(F)(F)C4)C3)C[C@@H]2C)n1. The summed E-state index contributed by atoms with van der Waals surface area (Å²) in [6, 6.07) is 0.265. The lowest BCUT2D eigenvalue weighted by molar-refractivity contribution is -0.133. The highest BCUT2D eigenvalue weighted by atomic mass is 19.3. The highest BCUT2D eigenvalue weighted by Crippen LogP contribution is 2.29. The first kappa shape index (κ1) is 21.3. The minimum atomic E-state index is -2.75. The van der Waals surface area contributed by atoms with E-state index < -0.39 is 12.5 Å². The second-order valence-corrected chi connectivity index (χ2v) is 9.01. The first-order valence-corrected chi connectivity index (χ1v) is 10.7. The van der Waals surface area contributed by atoms with E-state index in [0.29, 0.717) is 30.6 Å². The summed E-state index contributed by atoms with van der Waals surface area (Å²) in [6.07, 6.45) is 0.423. The number of rotatable bonds is 3. The Hall–Kier alpha value is -1.94. The molecule has 3 aliphatic rings. The van der Waals surface area contributed by atoms with Crippen LogP contribution in [-0.4, -0.2) is 93.5 Å². The lowest BCUT2D eigenvalue weighted by atomic mass is 10.0. The number of carbonyl (C=O) groups is 1. The van der Waals surface area contributed by atoms with Gasteiger partial charge in [0.25, 0.3) is 5.92 Å². The molecular weight excluding hydrogens is 392 g/mol. The predicted octanol–water partition coefficient (Wildman–Crippen LogP) is 0.986. The zero-order valence-corrected chi connectivity index (χ0v) is 18.1. The molecule has 1 aromatic heterocycles. The molecule has 1 amide bonds. The number of nitrogens with one attached hydrogen (secondary N) is 1. The van der Waals surface area contributed by atoms with Crippen LogP contribution in [0.4, 0.5) is 14.7 Å². The molecule has 0 spiro atoms. The maximum absolute atomic E-state index is 13.5. The molecule has 1 aromatic rings. The van der Waals surface area contributed by atoms with Crippen LogP contribution in [0.3, 0.4) is 0 Å². The van der Waals surface area contributed by atoms with Crippen LogP contribution in [0.25, 0.3) is 0 Å². The van der Waals surface area contributed by atoms with Gasteiger partial charge in [-0.15, -0.1) is 0 Å². The van der Waals surface area contributed by atoms with Crippen molar-refractivity contribution in [2.75, 3.05) is 37.6 Å². The molecule has 0 bridgehead atoms. The van der Waals surface area contributed by atoms with Crippen molar-refractivity contribution in [2.24, 2.45) is 0 Å². The lowest BCUT2D eigenvalue weighted by Gasteiger charge is -2.46. The average molecular weight is 424 g/mol. The second-order valence-electron chi connectivity index (χ2n) is 9.01. The van der Waals surface area contributed by atoms with Crippen LogP contribution in [-0.2, 0) is 4.79 Å². The molecule has 3 aliphatic heterocycles. The topological polar surface area (TPSA) is 77.5 Å². The largest absolute Gasteiger partial charge is 0.335 e. The number of alkyl halides is 2. The van der Waals surface area contributed by atoms with Crippen molar-refractivity contribution in [3.63, 3.8) is 0 Å². The number of piperazine rings is 1. The van der Waals surface area contributed by atoms with Crippen molar-refractivity contribution in [1.82, 2.24) is 30.1 Å². The van der Waals surface area contributed by atoms with Crippen molar-refractivity contribution < 1.29 is 13.6 Å². The normalized spacial score (nSPS) is 32.1. The van der Waals surface area contributed by atoms with Gasteiger partial charge in [0.1, 0.15) is 11.6 Å². The summed E-state index contributed by atoms with van der Waals surface area (Å²) in [4.78, 5) is 32.0. The summed E-state index contributed by atoms with van der Waals surface area (Å²) in [5.41, 5.74) is 0. The van der Waals surface area contributed by atoms with Gasteiger partial charge in [-0.1, -0.05) is 0 Å². The van der Waals surface area contributed by atoms with Crippen LogP contribution in [0, 0.1) is 13.8 Å². The molecule has 3 saturated heterocycles. The standard InChI is InChI=1S/C20H31F2N7O/c1-12-9-28(10-13(2)29(12)19-25-14(3)24-15(4)26-19)16-7-17(23-8-16)18(30)27-6-5-20(21,22)11-27/h12-13,16-17,23H,5-11H2,1-4H3/t12-,13+,16-,17-/m0/s1. The molecule has 4 rings (SSSR count). The van der Waals surface area contributed by atoms with Gasteiger partial charge in [0.15, 0.2) is 0 Å². The zero-order chi connectivity index (χ0) is 21.6. The van der Waals surface area contributed by atoms with Gasteiger partial charge >= 0.3 is 0 Å². The fourth-order valence-corrected chi connectivity index (χ4v) is 5.10. The number of aryl methyl sites for hydroxylation is 2. The summed E-state index contributed by atoms with van der Waals surface area (Å²) in [6.45, 7) is 10.1. The Kier molecular flexibility index (Phi) is 5.65. The van der Waals surface area contributed by atoms with Crippen LogP contribution in [0.5, 0.6) is 0 Å². The summed E-state index contributed by atoms with van der Waals surface area (Å²) in [5.74, 6) is -0.792. The van der Waals surface area contributed by atoms with E-state index in [4.69, 9.17) is 0 Å². The molecule has 3 fully saturated rings. The molecule has 0 radical (unpaired) electrons. The third-order valence-electron chi connectivity index (χ3n) is 6.43. The molecule has 4 heterocycles. The molecule has 166 valence electrons. The Balaban J connectivity index is 1.38. The molecule has 0 aromatic carbocycles. The molecule has 0 aliphatic carbocycles. The zero-order valence-electron chi connectivity index (χ0n) is 18.1. The minimum absolute atomic E-state index is 0.145. The van der Waals surface area contributed by atoms with Gasteiger partial charge in [0.2, 0.25) is 11.9 Å². The van der Waals surface area contributed by atoms with Crippen LogP contribution in [0.15, 0.2) is 0 Å². The van der Waals surface area contributed by atoms with Gasteiger partial charge < -0.3 is 15.1 Å². The monoisotopic (exact) mass is 423 g/mol. The summed E-state index contributed by atoms with van der Waals surface area (Å²) >= 11 is 0. The van der Waals surface area contributed by atoms with Crippen molar-refractivity contribution in [3.8, 4) is 0 Å². The third-order valence-corrected chi connectivity index (χ3v) is 6.43. The van der Waals surface area contributed by atoms with Crippen molar-refractivity contribution in [2.45, 2.75) is 70.6 Å². The fourth-order valence-electron chi connectivity index (χ4n) is 5.10. The smallest absolute Gasteiger partial charge is 0.267 e. The van der Waals surface area contributed by atoms with Gasteiger partial charge in [-0.3, -0.25) is 9.69 Å². The van der Waals surface area contributed by atoms with Crippen LogP contribution >= 0.6 is 0 Å². The molecular formula is C20H31F2N7O. The number of aromatic nitrogens is 3. The first-order chi connectivity index (χ1) is 14.1. The number of nitrogens with zero attached hydrogens (tertiary/aromatic N) is 6. The maximum Gasteiger partial charge on any atom is 0.267 e. The molecule has 0 saturated carbocycles. The Morgan fingerprint density at radius 3 is 2.30 bits per heavy atom. The van der Waals surface area contributed by atoms with Gasteiger partial charge in [-0.2, -0.15) is 9.97 Å². The van der Waals surface area contributed by atoms with Crippen LogP contribution in [0.2, 0.25) is 0 Å². The molecule has 4 atom stereocenters. The number of anilines is 1. The van der Waals surface area contributed by atoms with E-state index in [1.54, 1.807) is 0 Å². The number of likely N-dealkylation sites (tertiary alicyclic amines) is 1. The molecule has 30 heavy (non-hydrogen) atoms.